The van der Waals surface area contributed by atoms with E-state index >= 15 is 0 Å². The number of hydrogen-bond donors (Lipinski definition) is 1. The molecule has 0 fully saturated rings. The zero-order valence-corrected chi connectivity index (χ0v) is 9.97. The molecule has 14 heavy (non-hydrogen) atoms. The fourth-order valence-electron chi connectivity index (χ4n) is 1.36. The number of nitrogens with two attached hydrogens (primary N) is 1. The van der Waals surface area contributed by atoms with Gasteiger partial charge in [0.15, 0.2) is 0 Å². The zero-order valence-electron chi connectivity index (χ0n) is 9.16. The smallest absolute Gasteiger partial charge is 0.0292 e. The van der Waals surface area contributed by atoms with Crippen molar-refractivity contribution in [3.05, 3.63) is 35.4 Å². The van der Waals surface area contributed by atoms with Crippen molar-refractivity contribution in [1.82, 2.24) is 0 Å². The van der Waals surface area contributed by atoms with Gasteiger partial charge in [-0.25, -0.2) is 0 Å². The zero-order chi connectivity index (χ0) is 9.84. The second kappa shape index (κ2) is 6.05. The molecule has 0 aliphatic heterocycles. The Hall–Kier alpha value is -0.530. The molecule has 0 radical (unpaired) electrons. The van der Waals surface area contributed by atoms with Gasteiger partial charge >= 0.3 is 0 Å². The topological polar surface area (TPSA) is 26.0 Å². The van der Waals surface area contributed by atoms with E-state index in [9.17, 15) is 0 Å². The summed E-state index contributed by atoms with van der Waals surface area (Å²) >= 11 is 0. The minimum atomic E-state index is 0. The van der Waals surface area contributed by atoms with E-state index in [4.69, 9.17) is 5.73 Å². The van der Waals surface area contributed by atoms with Gasteiger partial charge < -0.3 is 5.73 Å². The van der Waals surface area contributed by atoms with Crippen LogP contribution >= 0.6 is 12.4 Å². The third-order valence-corrected chi connectivity index (χ3v) is 2.47. The summed E-state index contributed by atoms with van der Waals surface area (Å²) in [6.07, 6.45) is 1.00. The number of benzene rings is 1. The van der Waals surface area contributed by atoms with Crippen molar-refractivity contribution in [3.63, 3.8) is 0 Å². The van der Waals surface area contributed by atoms with Crippen LogP contribution in [-0.4, -0.2) is 0 Å². The molecular formula is C12H20ClN. The van der Waals surface area contributed by atoms with Gasteiger partial charge in [-0.15, -0.1) is 12.4 Å². The van der Waals surface area contributed by atoms with Crippen molar-refractivity contribution in [1.29, 1.82) is 0 Å². The van der Waals surface area contributed by atoms with Gasteiger partial charge in [0.05, 0.1) is 0 Å². The number of halogens is 1. The van der Waals surface area contributed by atoms with E-state index < -0.39 is 0 Å². The van der Waals surface area contributed by atoms with Crippen LogP contribution in [0.3, 0.4) is 0 Å². The molecule has 80 valence electrons. The first-order valence-corrected chi connectivity index (χ1v) is 5.00. The largest absolute Gasteiger partial charge is 0.324 e. The summed E-state index contributed by atoms with van der Waals surface area (Å²) in [5.74, 6) is 0.604. The van der Waals surface area contributed by atoms with Crippen molar-refractivity contribution in [2.24, 2.45) is 5.73 Å². The second-order valence-corrected chi connectivity index (χ2v) is 3.84. The van der Waals surface area contributed by atoms with Crippen molar-refractivity contribution in [3.8, 4) is 0 Å². The summed E-state index contributed by atoms with van der Waals surface area (Å²) in [6.45, 7) is 6.52. The van der Waals surface area contributed by atoms with Crippen LogP contribution in [0.2, 0.25) is 0 Å². The highest BCUT2D eigenvalue weighted by molar-refractivity contribution is 5.85. The lowest BCUT2D eigenvalue weighted by Gasteiger charge is -2.11. The lowest BCUT2D eigenvalue weighted by atomic mass is 9.98. The Kier molecular flexibility index (Phi) is 5.82. The summed E-state index contributed by atoms with van der Waals surface area (Å²) < 4.78 is 0. The summed E-state index contributed by atoms with van der Waals surface area (Å²) in [5.41, 5.74) is 8.54. The molecule has 0 spiro atoms. The highest BCUT2D eigenvalue weighted by Gasteiger charge is 2.03. The lowest BCUT2D eigenvalue weighted by Crippen LogP contribution is -2.08. The van der Waals surface area contributed by atoms with Crippen LogP contribution in [0.25, 0.3) is 0 Å². The van der Waals surface area contributed by atoms with Gasteiger partial charge in [0, 0.05) is 6.04 Å². The predicted molar refractivity (Wildman–Crippen MR) is 65.0 cm³/mol. The van der Waals surface area contributed by atoms with E-state index in [1.807, 2.05) is 0 Å². The van der Waals surface area contributed by atoms with Crippen LogP contribution in [0.15, 0.2) is 24.3 Å². The predicted octanol–water partition coefficient (Wildman–Crippen LogP) is 3.64. The molecule has 1 nitrogen and oxygen atoms in total. The lowest BCUT2D eigenvalue weighted by molar-refractivity contribution is 0.697. The van der Waals surface area contributed by atoms with E-state index in [-0.39, 0.29) is 18.4 Å². The quantitative estimate of drug-likeness (QED) is 0.815. The highest BCUT2D eigenvalue weighted by atomic mass is 35.5. The minimum absolute atomic E-state index is 0. The molecule has 1 rings (SSSR count). The number of rotatable bonds is 3. The molecule has 0 heterocycles. The average Bonchev–Trinajstić information content (AvgIpc) is 2.17. The summed E-state index contributed by atoms with van der Waals surface area (Å²) in [6, 6.07) is 8.83. The van der Waals surface area contributed by atoms with Crippen molar-refractivity contribution in [2.45, 2.75) is 39.2 Å². The van der Waals surface area contributed by atoms with E-state index in [0.717, 1.165) is 6.42 Å². The maximum absolute atomic E-state index is 5.92. The van der Waals surface area contributed by atoms with E-state index in [2.05, 4.69) is 45.0 Å². The SMILES string of the molecule is CCC(N)c1ccc(C(C)C)cc1.Cl. The average molecular weight is 214 g/mol. The highest BCUT2D eigenvalue weighted by Crippen LogP contribution is 2.18. The molecule has 2 N–H and O–H groups in total. The Morgan fingerprint density at radius 2 is 1.50 bits per heavy atom. The molecule has 1 aromatic carbocycles. The molecule has 1 aromatic rings. The van der Waals surface area contributed by atoms with Crippen LogP contribution in [0.4, 0.5) is 0 Å². The molecule has 0 aromatic heterocycles. The normalized spacial score (nSPS) is 12.4. The first kappa shape index (κ1) is 13.5. The Balaban J connectivity index is 0.00000169. The van der Waals surface area contributed by atoms with Crippen LogP contribution in [-0.2, 0) is 0 Å². The molecule has 0 aliphatic rings. The standard InChI is InChI=1S/C12H19N.ClH/c1-4-12(13)11-7-5-10(6-8-11)9(2)3;/h5-9,12H,4,13H2,1-3H3;1H. The van der Waals surface area contributed by atoms with Crippen LogP contribution in [0.1, 0.15) is 50.3 Å². The Bertz CT molecular complexity index is 254. The minimum Gasteiger partial charge on any atom is -0.324 e. The molecule has 1 atom stereocenters. The molecule has 2 heteroatoms. The maximum atomic E-state index is 5.92. The van der Waals surface area contributed by atoms with E-state index in [0.29, 0.717) is 5.92 Å². The van der Waals surface area contributed by atoms with Gasteiger partial charge in [-0.1, -0.05) is 45.0 Å². The van der Waals surface area contributed by atoms with Crippen LogP contribution < -0.4 is 5.73 Å². The summed E-state index contributed by atoms with van der Waals surface area (Å²) in [5, 5.41) is 0. The molecule has 0 aliphatic carbocycles. The Labute approximate surface area is 93.1 Å². The van der Waals surface area contributed by atoms with Gasteiger partial charge in [0.1, 0.15) is 0 Å². The summed E-state index contributed by atoms with van der Waals surface area (Å²) in [7, 11) is 0. The third kappa shape index (κ3) is 3.32. The molecule has 0 saturated heterocycles. The first-order valence-electron chi connectivity index (χ1n) is 5.00. The van der Waals surface area contributed by atoms with Gasteiger partial charge in [-0.05, 0) is 23.5 Å². The summed E-state index contributed by atoms with van der Waals surface area (Å²) in [4.78, 5) is 0. The fraction of sp³-hybridized carbons (Fsp3) is 0.500. The third-order valence-electron chi connectivity index (χ3n) is 2.47. The monoisotopic (exact) mass is 213 g/mol. The van der Waals surface area contributed by atoms with Crippen molar-refractivity contribution in [2.75, 3.05) is 0 Å². The van der Waals surface area contributed by atoms with Gasteiger partial charge in [0.25, 0.3) is 0 Å². The first-order chi connectivity index (χ1) is 6.15. The molecule has 0 amide bonds. The fourth-order valence-corrected chi connectivity index (χ4v) is 1.36. The van der Waals surface area contributed by atoms with Gasteiger partial charge in [-0.2, -0.15) is 0 Å². The van der Waals surface area contributed by atoms with E-state index in [1.165, 1.54) is 11.1 Å². The second-order valence-electron chi connectivity index (χ2n) is 3.84. The van der Waals surface area contributed by atoms with Crippen molar-refractivity contribution < 1.29 is 0 Å². The number of hydrogen-bond acceptors (Lipinski definition) is 1. The van der Waals surface area contributed by atoms with Gasteiger partial charge in [0.2, 0.25) is 0 Å². The Morgan fingerprint density at radius 1 is 1.07 bits per heavy atom. The van der Waals surface area contributed by atoms with Crippen LogP contribution in [0.5, 0.6) is 0 Å². The van der Waals surface area contributed by atoms with E-state index in [1.54, 1.807) is 0 Å². The molecule has 0 saturated carbocycles. The molecular weight excluding hydrogens is 194 g/mol. The molecule has 1 unspecified atom stereocenters. The Morgan fingerprint density at radius 3 is 1.86 bits per heavy atom. The van der Waals surface area contributed by atoms with Crippen LogP contribution in [0, 0.1) is 0 Å². The van der Waals surface area contributed by atoms with Gasteiger partial charge in [-0.3, -0.25) is 0 Å². The van der Waals surface area contributed by atoms with Crippen molar-refractivity contribution >= 4 is 12.4 Å². The maximum Gasteiger partial charge on any atom is 0.0292 e. The molecule has 0 bridgehead atoms.